The Kier molecular flexibility index (Phi) is 6.54. The van der Waals surface area contributed by atoms with Gasteiger partial charge in [0.15, 0.2) is 0 Å². The second-order valence-electron chi connectivity index (χ2n) is 7.64. The third-order valence-electron chi connectivity index (χ3n) is 5.38. The lowest BCUT2D eigenvalue weighted by molar-refractivity contribution is -0.141. The minimum atomic E-state index is -0.602. The van der Waals surface area contributed by atoms with E-state index in [-0.39, 0.29) is 18.1 Å². The van der Waals surface area contributed by atoms with Crippen LogP contribution in [0, 0.1) is 0 Å². The van der Waals surface area contributed by atoms with Crippen LogP contribution in [0.25, 0.3) is 21.8 Å². The van der Waals surface area contributed by atoms with E-state index in [2.05, 4.69) is 0 Å². The van der Waals surface area contributed by atoms with E-state index in [1.54, 1.807) is 19.9 Å². The Bertz CT molecular complexity index is 1490. The van der Waals surface area contributed by atoms with E-state index in [0.29, 0.717) is 34.0 Å². The van der Waals surface area contributed by atoms with E-state index < -0.39 is 17.4 Å². The molecule has 0 aliphatic carbocycles. The third-order valence-corrected chi connectivity index (χ3v) is 5.38. The van der Waals surface area contributed by atoms with Crippen molar-refractivity contribution in [3.05, 3.63) is 94.1 Å². The van der Waals surface area contributed by atoms with Crippen molar-refractivity contribution in [1.82, 2.24) is 9.55 Å². The number of nitrogens with zero attached hydrogens (tertiary/aromatic N) is 2. The molecular weight excluding hydrogens is 432 g/mol. The molecule has 0 spiro atoms. The van der Waals surface area contributed by atoms with Gasteiger partial charge in [-0.1, -0.05) is 54.6 Å². The van der Waals surface area contributed by atoms with E-state index in [0.717, 1.165) is 10.1 Å². The molecule has 0 aliphatic heterocycles. The summed E-state index contributed by atoms with van der Waals surface area (Å²) in [6.07, 6.45) is 1.80. The normalized spacial score (nSPS) is 11.6. The number of esters is 1. The average molecular weight is 456 g/mol. The minimum absolute atomic E-state index is 0.0109. The second-order valence-corrected chi connectivity index (χ2v) is 7.64. The first-order chi connectivity index (χ1) is 16.4. The van der Waals surface area contributed by atoms with Gasteiger partial charge < -0.3 is 9.47 Å². The van der Waals surface area contributed by atoms with Crippen molar-refractivity contribution >= 4 is 33.7 Å². The SMILES string of the molecule is CC=C(Oc1cc2c(nc(Cc3ccccc3)c(=O)n2C(C)=O)c2ccccc12)C(=O)OCC. The Morgan fingerprint density at radius 3 is 2.35 bits per heavy atom. The first kappa shape index (κ1) is 22.9. The van der Waals surface area contributed by atoms with Crippen LogP contribution in [0.15, 0.2) is 77.3 Å². The zero-order valence-electron chi connectivity index (χ0n) is 19.2. The van der Waals surface area contributed by atoms with Crippen LogP contribution in [-0.2, 0) is 16.0 Å². The number of fused-ring (bicyclic) bond motifs is 3. The van der Waals surface area contributed by atoms with Crippen LogP contribution in [0.2, 0.25) is 0 Å². The molecular formula is C27H24N2O5. The fourth-order valence-electron chi connectivity index (χ4n) is 3.86. The fraction of sp³-hybridized carbons (Fsp3) is 0.185. The van der Waals surface area contributed by atoms with Crippen LogP contribution < -0.4 is 10.3 Å². The van der Waals surface area contributed by atoms with Gasteiger partial charge in [-0.3, -0.25) is 9.59 Å². The molecule has 3 aromatic carbocycles. The maximum Gasteiger partial charge on any atom is 0.373 e. The van der Waals surface area contributed by atoms with E-state index in [4.69, 9.17) is 14.5 Å². The second kappa shape index (κ2) is 9.70. The lowest BCUT2D eigenvalue weighted by atomic mass is 10.1. The fourth-order valence-corrected chi connectivity index (χ4v) is 3.86. The van der Waals surface area contributed by atoms with Crippen molar-refractivity contribution in [3.63, 3.8) is 0 Å². The number of hydrogen-bond acceptors (Lipinski definition) is 6. The third kappa shape index (κ3) is 4.32. The van der Waals surface area contributed by atoms with Gasteiger partial charge in [-0.15, -0.1) is 0 Å². The molecule has 0 saturated carbocycles. The topological polar surface area (TPSA) is 87.5 Å². The molecule has 0 amide bonds. The number of benzene rings is 3. The zero-order chi connectivity index (χ0) is 24.2. The molecule has 172 valence electrons. The number of ether oxygens (including phenoxy) is 2. The van der Waals surface area contributed by atoms with Crippen LogP contribution in [-0.4, -0.2) is 28.0 Å². The van der Waals surface area contributed by atoms with Gasteiger partial charge in [0.05, 0.1) is 17.6 Å². The van der Waals surface area contributed by atoms with Gasteiger partial charge >= 0.3 is 5.97 Å². The number of rotatable bonds is 6. The zero-order valence-corrected chi connectivity index (χ0v) is 19.2. The molecule has 0 N–H and O–H groups in total. The first-order valence-corrected chi connectivity index (χ1v) is 11.0. The molecule has 1 heterocycles. The monoisotopic (exact) mass is 456 g/mol. The molecule has 0 radical (unpaired) electrons. The van der Waals surface area contributed by atoms with Crippen molar-refractivity contribution in [2.45, 2.75) is 27.2 Å². The van der Waals surface area contributed by atoms with E-state index in [9.17, 15) is 14.4 Å². The predicted octanol–water partition coefficient (Wildman–Crippen LogP) is 4.65. The van der Waals surface area contributed by atoms with Gasteiger partial charge in [-0.2, -0.15) is 0 Å². The van der Waals surface area contributed by atoms with Gasteiger partial charge in [-0.25, -0.2) is 14.3 Å². The van der Waals surface area contributed by atoms with Gasteiger partial charge in [0.1, 0.15) is 11.4 Å². The molecule has 0 aliphatic rings. The van der Waals surface area contributed by atoms with Gasteiger partial charge in [0.25, 0.3) is 5.56 Å². The molecule has 1 aromatic heterocycles. The summed E-state index contributed by atoms with van der Waals surface area (Å²) in [4.78, 5) is 42.9. The molecule has 4 aromatic rings. The summed E-state index contributed by atoms with van der Waals surface area (Å²) in [5.74, 6) is -0.716. The summed E-state index contributed by atoms with van der Waals surface area (Å²) in [6.45, 7) is 4.91. The van der Waals surface area contributed by atoms with Crippen molar-refractivity contribution in [3.8, 4) is 5.75 Å². The maximum absolute atomic E-state index is 13.3. The summed E-state index contributed by atoms with van der Waals surface area (Å²) >= 11 is 0. The molecule has 0 bridgehead atoms. The summed E-state index contributed by atoms with van der Waals surface area (Å²) in [5.41, 5.74) is 1.51. The first-order valence-electron chi connectivity index (χ1n) is 11.0. The quantitative estimate of drug-likeness (QED) is 0.182. The number of carbonyl (C=O) groups is 2. The van der Waals surface area contributed by atoms with Crippen molar-refractivity contribution in [2.75, 3.05) is 6.61 Å². The maximum atomic E-state index is 13.3. The van der Waals surface area contributed by atoms with Gasteiger partial charge in [0.2, 0.25) is 11.7 Å². The highest BCUT2D eigenvalue weighted by molar-refractivity contribution is 6.09. The average Bonchev–Trinajstić information content (AvgIpc) is 2.83. The Labute approximate surface area is 196 Å². The molecule has 7 nitrogen and oxygen atoms in total. The Balaban J connectivity index is 1.98. The Morgan fingerprint density at radius 1 is 1.03 bits per heavy atom. The molecule has 0 saturated heterocycles. The van der Waals surface area contributed by atoms with Crippen LogP contribution in [0.3, 0.4) is 0 Å². The molecule has 4 rings (SSSR count). The van der Waals surface area contributed by atoms with E-state index in [1.165, 1.54) is 13.0 Å². The van der Waals surface area contributed by atoms with Crippen LogP contribution >= 0.6 is 0 Å². The Morgan fingerprint density at radius 2 is 1.71 bits per heavy atom. The highest BCUT2D eigenvalue weighted by Gasteiger charge is 2.20. The highest BCUT2D eigenvalue weighted by atomic mass is 16.6. The lowest BCUT2D eigenvalue weighted by Crippen LogP contribution is -2.29. The molecule has 0 fully saturated rings. The number of carbonyl (C=O) groups excluding carboxylic acids is 2. The van der Waals surface area contributed by atoms with Crippen molar-refractivity contribution < 1.29 is 19.1 Å². The van der Waals surface area contributed by atoms with E-state index in [1.807, 2.05) is 54.6 Å². The van der Waals surface area contributed by atoms with Gasteiger partial charge in [-0.05, 0) is 25.5 Å². The predicted molar refractivity (Wildman–Crippen MR) is 130 cm³/mol. The molecule has 0 unspecified atom stereocenters. The smallest absolute Gasteiger partial charge is 0.373 e. The molecule has 34 heavy (non-hydrogen) atoms. The van der Waals surface area contributed by atoms with E-state index >= 15 is 0 Å². The summed E-state index contributed by atoms with van der Waals surface area (Å²) in [6, 6.07) is 18.4. The number of hydrogen-bond donors (Lipinski definition) is 0. The summed E-state index contributed by atoms with van der Waals surface area (Å²) < 4.78 is 12.1. The van der Waals surface area contributed by atoms with Crippen LogP contribution in [0.1, 0.15) is 36.8 Å². The largest absolute Gasteiger partial charge is 0.460 e. The van der Waals surface area contributed by atoms with Gasteiger partial charge in [0, 0.05) is 30.2 Å². The standard InChI is InChI=1S/C27H24N2O5/c1-4-23(27(32)33-5-2)34-24-16-22-25(20-14-10-9-13-19(20)24)28-21(26(31)29(22)17(3)30)15-18-11-7-6-8-12-18/h4,6-14,16H,5,15H2,1-3H3. The highest BCUT2D eigenvalue weighted by Crippen LogP contribution is 2.33. The Hall–Kier alpha value is -4.26. The van der Waals surface area contributed by atoms with Crippen LogP contribution in [0.4, 0.5) is 0 Å². The molecule has 0 atom stereocenters. The summed E-state index contributed by atoms with van der Waals surface area (Å²) in [7, 11) is 0. The minimum Gasteiger partial charge on any atom is -0.460 e. The number of aromatic nitrogens is 2. The van der Waals surface area contributed by atoms with Crippen molar-refractivity contribution in [2.24, 2.45) is 0 Å². The molecule has 7 heteroatoms. The van der Waals surface area contributed by atoms with Crippen LogP contribution in [0.5, 0.6) is 5.75 Å². The lowest BCUT2D eigenvalue weighted by Gasteiger charge is -2.16. The summed E-state index contributed by atoms with van der Waals surface area (Å²) in [5, 5.41) is 1.38. The van der Waals surface area contributed by atoms with Crippen molar-refractivity contribution in [1.29, 1.82) is 0 Å². The number of allylic oxidation sites excluding steroid dienone is 1.